The van der Waals surface area contributed by atoms with Crippen LogP contribution >= 0.6 is 11.3 Å². The summed E-state index contributed by atoms with van der Waals surface area (Å²) in [6.07, 6.45) is 1.52. The lowest BCUT2D eigenvalue weighted by Gasteiger charge is -2.10. The van der Waals surface area contributed by atoms with Crippen molar-refractivity contribution in [3.63, 3.8) is 0 Å². The van der Waals surface area contributed by atoms with E-state index in [4.69, 9.17) is 0 Å². The van der Waals surface area contributed by atoms with E-state index in [0.717, 1.165) is 16.1 Å². The van der Waals surface area contributed by atoms with Crippen LogP contribution in [-0.2, 0) is 16.6 Å². The first-order valence-corrected chi connectivity index (χ1v) is 8.47. The van der Waals surface area contributed by atoms with E-state index in [2.05, 4.69) is 15.0 Å². The zero-order valence-corrected chi connectivity index (χ0v) is 13.2. The molecule has 0 radical (unpaired) electrons. The van der Waals surface area contributed by atoms with Crippen molar-refractivity contribution in [2.75, 3.05) is 11.8 Å². The molecule has 5 nitrogen and oxygen atoms in total. The van der Waals surface area contributed by atoms with E-state index in [0.29, 0.717) is 17.1 Å². The number of sulfonamides is 1. The smallest absolute Gasteiger partial charge is 0.263 e. The molecule has 0 saturated carbocycles. The molecule has 2 N–H and O–H groups in total. The number of hydrogen-bond acceptors (Lipinski definition) is 5. The van der Waals surface area contributed by atoms with Crippen LogP contribution in [0.1, 0.15) is 16.1 Å². The highest BCUT2D eigenvalue weighted by Gasteiger charge is 2.22. The van der Waals surface area contributed by atoms with Gasteiger partial charge in [0.1, 0.15) is 4.90 Å². The molecule has 0 aliphatic carbocycles. The molecule has 20 heavy (non-hydrogen) atoms. The van der Waals surface area contributed by atoms with Gasteiger partial charge in [-0.2, -0.15) is 0 Å². The molecule has 0 atom stereocenters. The minimum Gasteiger partial charge on any atom is -0.315 e. The Morgan fingerprint density at radius 3 is 2.65 bits per heavy atom. The Morgan fingerprint density at radius 2 is 2.05 bits per heavy atom. The Hall–Kier alpha value is -1.44. The van der Waals surface area contributed by atoms with E-state index in [9.17, 15) is 8.42 Å². The fourth-order valence-electron chi connectivity index (χ4n) is 1.87. The Bertz CT molecular complexity index is 691. The molecule has 0 aliphatic rings. The van der Waals surface area contributed by atoms with Gasteiger partial charge in [-0.15, -0.1) is 11.3 Å². The normalized spacial score (nSPS) is 11.6. The molecule has 0 aliphatic heterocycles. The van der Waals surface area contributed by atoms with Crippen LogP contribution in [0.2, 0.25) is 0 Å². The topological polar surface area (TPSA) is 71.1 Å². The summed E-state index contributed by atoms with van der Waals surface area (Å²) in [6.45, 7) is 4.19. The van der Waals surface area contributed by atoms with E-state index >= 15 is 0 Å². The summed E-state index contributed by atoms with van der Waals surface area (Å²) in [4.78, 5) is 5.25. The van der Waals surface area contributed by atoms with Crippen LogP contribution in [-0.4, -0.2) is 20.4 Å². The summed E-state index contributed by atoms with van der Waals surface area (Å²) in [5.74, 6) is 0. The third-order valence-corrected chi connectivity index (χ3v) is 5.60. The largest absolute Gasteiger partial charge is 0.315 e. The van der Waals surface area contributed by atoms with Crippen LogP contribution < -0.4 is 10.0 Å². The van der Waals surface area contributed by atoms with E-state index < -0.39 is 10.0 Å². The maximum atomic E-state index is 12.5. The maximum absolute atomic E-state index is 12.5. The highest BCUT2D eigenvalue weighted by Crippen LogP contribution is 2.28. The first kappa shape index (κ1) is 15.0. The maximum Gasteiger partial charge on any atom is 0.263 e. The van der Waals surface area contributed by atoms with Gasteiger partial charge in [-0.25, -0.2) is 8.42 Å². The monoisotopic (exact) mass is 311 g/mol. The van der Waals surface area contributed by atoms with Crippen molar-refractivity contribution in [1.29, 1.82) is 0 Å². The van der Waals surface area contributed by atoms with Crippen molar-refractivity contribution in [2.45, 2.75) is 25.3 Å². The third-order valence-electron chi connectivity index (χ3n) is 2.76. The molecule has 2 heterocycles. The number of rotatable bonds is 5. The van der Waals surface area contributed by atoms with Crippen molar-refractivity contribution < 1.29 is 8.42 Å². The summed E-state index contributed by atoms with van der Waals surface area (Å²) in [5, 5.41) is 4.84. The molecule has 108 valence electrons. The van der Waals surface area contributed by atoms with Crippen molar-refractivity contribution in [2.24, 2.45) is 0 Å². The Balaban J connectivity index is 2.35. The highest BCUT2D eigenvalue weighted by atomic mass is 32.2. The molecule has 0 aromatic carbocycles. The second kappa shape index (κ2) is 5.90. The summed E-state index contributed by atoms with van der Waals surface area (Å²) < 4.78 is 27.6. The standard InChI is InChI=1S/C13H17N3O2S2/c1-9-8-19-12(7-14-3)13(9)20(17,18)16-11-5-4-10(2)15-6-11/h4-6,8,14,16H,7H2,1-3H3. The van der Waals surface area contributed by atoms with Crippen LogP contribution in [0.25, 0.3) is 0 Å². The summed E-state index contributed by atoms with van der Waals surface area (Å²) in [5.41, 5.74) is 2.07. The Labute approximate surface area is 123 Å². The number of hydrogen-bond donors (Lipinski definition) is 2. The van der Waals surface area contributed by atoms with Crippen molar-refractivity contribution in [1.82, 2.24) is 10.3 Å². The number of pyridine rings is 1. The Kier molecular flexibility index (Phi) is 4.42. The highest BCUT2D eigenvalue weighted by molar-refractivity contribution is 7.93. The summed E-state index contributed by atoms with van der Waals surface area (Å²) in [6, 6.07) is 3.48. The predicted octanol–water partition coefficient (Wildman–Crippen LogP) is 2.28. The lowest BCUT2D eigenvalue weighted by atomic mass is 10.3. The zero-order chi connectivity index (χ0) is 14.8. The molecule has 0 spiro atoms. The number of aryl methyl sites for hydroxylation is 2. The van der Waals surface area contributed by atoms with E-state index in [1.54, 1.807) is 26.1 Å². The van der Waals surface area contributed by atoms with Gasteiger partial charge in [0.25, 0.3) is 10.0 Å². The molecule has 2 rings (SSSR count). The van der Waals surface area contributed by atoms with Crippen LogP contribution in [0.15, 0.2) is 28.6 Å². The fraction of sp³-hybridized carbons (Fsp3) is 0.308. The van der Waals surface area contributed by atoms with E-state index in [1.165, 1.54) is 17.5 Å². The number of nitrogens with zero attached hydrogens (tertiary/aromatic N) is 1. The summed E-state index contributed by atoms with van der Waals surface area (Å²) >= 11 is 1.44. The summed E-state index contributed by atoms with van der Waals surface area (Å²) in [7, 11) is -1.79. The molecular weight excluding hydrogens is 294 g/mol. The van der Waals surface area contributed by atoms with Gasteiger partial charge in [-0.05, 0) is 44.0 Å². The van der Waals surface area contributed by atoms with Gasteiger partial charge in [0, 0.05) is 17.1 Å². The van der Waals surface area contributed by atoms with Gasteiger partial charge in [0.2, 0.25) is 0 Å². The van der Waals surface area contributed by atoms with Crippen LogP contribution in [0, 0.1) is 13.8 Å². The third kappa shape index (κ3) is 3.17. The number of anilines is 1. The molecule has 0 bridgehead atoms. The SMILES string of the molecule is CNCc1scc(C)c1S(=O)(=O)Nc1ccc(C)nc1. The van der Waals surface area contributed by atoms with Gasteiger partial charge in [-0.1, -0.05) is 0 Å². The van der Waals surface area contributed by atoms with Gasteiger partial charge in [0.15, 0.2) is 0 Å². The Morgan fingerprint density at radius 1 is 1.30 bits per heavy atom. The predicted molar refractivity (Wildman–Crippen MR) is 81.6 cm³/mol. The minimum atomic E-state index is -3.59. The van der Waals surface area contributed by atoms with E-state index in [1.807, 2.05) is 12.3 Å². The molecule has 0 fully saturated rings. The fourth-order valence-corrected chi connectivity index (χ4v) is 4.73. The van der Waals surface area contributed by atoms with Crippen LogP contribution in [0.3, 0.4) is 0 Å². The van der Waals surface area contributed by atoms with Gasteiger partial charge < -0.3 is 5.32 Å². The average molecular weight is 311 g/mol. The van der Waals surface area contributed by atoms with Gasteiger partial charge in [0.05, 0.1) is 11.9 Å². The minimum absolute atomic E-state index is 0.359. The number of aromatic nitrogens is 1. The molecule has 2 aromatic heterocycles. The van der Waals surface area contributed by atoms with Crippen molar-refractivity contribution in [3.05, 3.63) is 39.8 Å². The first-order chi connectivity index (χ1) is 9.44. The van der Waals surface area contributed by atoms with E-state index in [-0.39, 0.29) is 0 Å². The van der Waals surface area contributed by atoms with Gasteiger partial charge in [-0.3, -0.25) is 9.71 Å². The van der Waals surface area contributed by atoms with Crippen LogP contribution in [0.5, 0.6) is 0 Å². The zero-order valence-electron chi connectivity index (χ0n) is 11.6. The lowest BCUT2D eigenvalue weighted by molar-refractivity contribution is 0.599. The molecule has 0 saturated heterocycles. The second-order valence-corrected chi connectivity index (χ2v) is 7.08. The molecule has 2 aromatic rings. The molecule has 7 heteroatoms. The average Bonchev–Trinajstić information content (AvgIpc) is 2.74. The quantitative estimate of drug-likeness (QED) is 0.888. The van der Waals surface area contributed by atoms with Crippen molar-refractivity contribution >= 4 is 27.0 Å². The molecule has 0 amide bonds. The van der Waals surface area contributed by atoms with Crippen molar-refractivity contribution in [3.8, 4) is 0 Å². The number of nitrogens with one attached hydrogen (secondary N) is 2. The second-order valence-electron chi connectivity index (χ2n) is 4.50. The number of thiophene rings is 1. The molecular formula is C13H17N3O2S2. The first-order valence-electron chi connectivity index (χ1n) is 6.11. The lowest BCUT2D eigenvalue weighted by Crippen LogP contribution is -2.16. The molecule has 0 unspecified atom stereocenters. The van der Waals surface area contributed by atoms with Crippen LogP contribution in [0.4, 0.5) is 5.69 Å². The van der Waals surface area contributed by atoms with Gasteiger partial charge >= 0.3 is 0 Å².